The fourth-order valence-electron chi connectivity index (χ4n) is 2.62. The zero-order chi connectivity index (χ0) is 15.8. The molecule has 1 aliphatic heterocycles. The molecular formula is C17H11BrN4O. The van der Waals surface area contributed by atoms with Crippen LogP contribution in [0.5, 0.6) is 0 Å². The SMILES string of the molecule is O=C(Nc1ncnc2c1CC1=CC=NC1=C2)c1cccc(Br)c1. The molecule has 0 radical (unpaired) electrons. The molecule has 1 aromatic heterocycles. The van der Waals surface area contributed by atoms with E-state index in [2.05, 4.69) is 36.2 Å². The number of nitrogens with one attached hydrogen (secondary N) is 1. The minimum atomic E-state index is -0.196. The van der Waals surface area contributed by atoms with Gasteiger partial charge in [0.15, 0.2) is 0 Å². The highest BCUT2D eigenvalue weighted by Gasteiger charge is 2.22. The van der Waals surface area contributed by atoms with Crippen LogP contribution in [0.1, 0.15) is 21.6 Å². The molecule has 0 unspecified atom stereocenters. The first-order valence-corrected chi connectivity index (χ1v) is 7.86. The quantitative estimate of drug-likeness (QED) is 0.885. The molecule has 4 rings (SSSR count). The number of hydrogen-bond acceptors (Lipinski definition) is 4. The maximum Gasteiger partial charge on any atom is 0.256 e. The minimum Gasteiger partial charge on any atom is -0.306 e. The number of rotatable bonds is 2. The Bertz CT molecular complexity index is 915. The number of aromatic nitrogens is 2. The van der Waals surface area contributed by atoms with Crippen molar-refractivity contribution in [2.45, 2.75) is 6.42 Å². The van der Waals surface area contributed by atoms with E-state index >= 15 is 0 Å². The Balaban J connectivity index is 1.67. The van der Waals surface area contributed by atoms with Gasteiger partial charge in [0.25, 0.3) is 5.91 Å². The van der Waals surface area contributed by atoms with Gasteiger partial charge in [0.05, 0.1) is 11.4 Å². The summed E-state index contributed by atoms with van der Waals surface area (Å²) >= 11 is 3.37. The van der Waals surface area contributed by atoms with Crippen molar-refractivity contribution in [3.63, 3.8) is 0 Å². The maximum atomic E-state index is 12.4. The van der Waals surface area contributed by atoms with Crippen molar-refractivity contribution in [1.29, 1.82) is 0 Å². The molecule has 0 spiro atoms. The number of carbonyl (C=O) groups excluding carboxylic acids is 1. The van der Waals surface area contributed by atoms with Crippen molar-refractivity contribution < 1.29 is 4.79 Å². The zero-order valence-electron chi connectivity index (χ0n) is 12.0. The first-order valence-electron chi connectivity index (χ1n) is 7.07. The largest absolute Gasteiger partial charge is 0.306 e. The summed E-state index contributed by atoms with van der Waals surface area (Å²) in [7, 11) is 0. The summed E-state index contributed by atoms with van der Waals surface area (Å²) in [5, 5.41) is 2.89. The first kappa shape index (κ1) is 14.0. The molecule has 0 atom stereocenters. The molecular weight excluding hydrogens is 356 g/mol. The lowest BCUT2D eigenvalue weighted by atomic mass is 9.96. The molecule has 0 saturated heterocycles. The van der Waals surface area contributed by atoms with E-state index in [0.29, 0.717) is 17.8 Å². The van der Waals surface area contributed by atoms with Crippen molar-refractivity contribution in [2.24, 2.45) is 4.99 Å². The third-order valence-electron chi connectivity index (χ3n) is 3.76. The second kappa shape index (κ2) is 5.55. The monoisotopic (exact) mass is 366 g/mol. The van der Waals surface area contributed by atoms with Gasteiger partial charge in [0.1, 0.15) is 12.1 Å². The lowest BCUT2D eigenvalue weighted by Crippen LogP contribution is -2.17. The van der Waals surface area contributed by atoms with Gasteiger partial charge in [-0.3, -0.25) is 9.79 Å². The molecule has 5 nitrogen and oxygen atoms in total. The Morgan fingerprint density at radius 1 is 1.26 bits per heavy atom. The molecule has 112 valence electrons. The van der Waals surface area contributed by atoms with Gasteiger partial charge in [0.2, 0.25) is 0 Å². The van der Waals surface area contributed by atoms with Crippen LogP contribution in [0, 0.1) is 0 Å². The smallest absolute Gasteiger partial charge is 0.256 e. The van der Waals surface area contributed by atoms with Crippen molar-refractivity contribution in [3.8, 4) is 0 Å². The van der Waals surface area contributed by atoms with Crippen LogP contribution in [0.3, 0.4) is 0 Å². The number of halogens is 1. The number of fused-ring (bicyclic) bond motifs is 2. The van der Waals surface area contributed by atoms with E-state index in [-0.39, 0.29) is 5.91 Å². The summed E-state index contributed by atoms with van der Waals surface area (Å²) in [6, 6.07) is 7.24. The third-order valence-corrected chi connectivity index (χ3v) is 4.25. The number of anilines is 1. The molecule has 1 aliphatic carbocycles. The van der Waals surface area contributed by atoms with Crippen LogP contribution in [-0.4, -0.2) is 22.1 Å². The Kier molecular flexibility index (Phi) is 3.38. The standard InChI is InChI=1S/C17H11BrN4O/c18-12-3-1-2-11(6-12)17(23)22-16-13-7-10-4-5-19-14(10)8-15(13)20-9-21-16/h1-6,8-9H,7H2,(H,20,21,22,23). The predicted octanol–water partition coefficient (Wildman–Crippen LogP) is 3.40. The fourth-order valence-corrected chi connectivity index (χ4v) is 3.02. The molecule has 0 fully saturated rings. The fraction of sp³-hybridized carbons (Fsp3) is 0.0588. The van der Waals surface area contributed by atoms with Crippen LogP contribution in [0.2, 0.25) is 0 Å². The van der Waals surface area contributed by atoms with Crippen molar-refractivity contribution in [1.82, 2.24) is 9.97 Å². The highest BCUT2D eigenvalue weighted by molar-refractivity contribution is 9.10. The average Bonchev–Trinajstić information content (AvgIpc) is 3.00. The number of allylic oxidation sites excluding steroid dienone is 2. The first-order chi connectivity index (χ1) is 11.2. The molecule has 0 bridgehead atoms. The average molecular weight is 367 g/mol. The summed E-state index contributed by atoms with van der Waals surface area (Å²) < 4.78 is 0.857. The van der Waals surface area contributed by atoms with Crippen LogP contribution >= 0.6 is 15.9 Å². The Labute approximate surface area is 141 Å². The molecule has 1 amide bonds. The minimum absolute atomic E-state index is 0.196. The number of carbonyl (C=O) groups is 1. The summed E-state index contributed by atoms with van der Waals surface area (Å²) in [6.07, 6.45) is 7.79. The van der Waals surface area contributed by atoms with Crippen LogP contribution in [0.15, 0.2) is 57.4 Å². The van der Waals surface area contributed by atoms with E-state index in [1.54, 1.807) is 18.3 Å². The second-order valence-electron chi connectivity index (χ2n) is 5.23. The highest BCUT2D eigenvalue weighted by Crippen LogP contribution is 2.32. The maximum absolute atomic E-state index is 12.4. The van der Waals surface area contributed by atoms with Crippen LogP contribution in [0.4, 0.5) is 5.82 Å². The molecule has 1 aromatic carbocycles. The van der Waals surface area contributed by atoms with Crippen LogP contribution in [0.25, 0.3) is 6.08 Å². The zero-order valence-corrected chi connectivity index (χ0v) is 13.5. The summed E-state index contributed by atoms with van der Waals surface area (Å²) in [6.45, 7) is 0. The molecule has 6 heteroatoms. The molecule has 2 aromatic rings. The Hall–Kier alpha value is -2.60. The second-order valence-corrected chi connectivity index (χ2v) is 6.14. The predicted molar refractivity (Wildman–Crippen MR) is 92.4 cm³/mol. The number of nitrogens with zero attached hydrogens (tertiary/aromatic N) is 3. The number of hydrogen-bond donors (Lipinski definition) is 1. The number of aliphatic imine (C=N–C) groups is 1. The van der Waals surface area contributed by atoms with E-state index in [1.807, 2.05) is 24.3 Å². The van der Waals surface area contributed by atoms with Gasteiger partial charge in [-0.2, -0.15) is 0 Å². The highest BCUT2D eigenvalue weighted by atomic mass is 79.9. The van der Waals surface area contributed by atoms with Gasteiger partial charge in [0, 0.05) is 28.2 Å². The van der Waals surface area contributed by atoms with Gasteiger partial charge >= 0.3 is 0 Å². The van der Waals surface area contributed by atoms with E-state index in [4.69, 9.17) is 0 Å². The summed E-state index contributed by atoms with van der Waals surface area (Å²) in [5.74, 6) is 0.349. The van der Waals surface area contributed by atoms with Crippen molar-refractivity contribution >= 4 is 39.9 Å². The lowest BCUT2D eigenvalue weighted by Gasteiger charge is -2.17. The number of amides is 1. The van der Waals surface area contributed by atoms with Gasteiger partial charge in [-0.05, 0) is 35.9 Å². The summed E-state index contributed by atoms with van der Waals surface area (Å²) in [4.78, 5) is 25.3. The van der Waals surface area contributed by atoms with Crippen LogP contribution < -0.4 is 5.32 Å². The van der Waals surface area contributed by atoms with Crippen molar-refractivity contribution in [2.75, 3.05) is 5.32 Å². The normalized spacial score (nSPS) is 14.7. The van der Waals surface area contributed by atoms with E-state index in [1.165, 1.54) is 6.33 Å². The topological polar surface area (TPSA) is 67.2 Å². The summed E-state index contributed by atoms with van der Waals surface area (Å²) in [5.41, 5.74) is 4.33. The van der Waals surface area contributed by atoms with Crippen LogP contribution in [-0.2, 0) is 6.42 Å². The van der Waals surface area contributed by atoms with Gasteiger partial charge in [-0.1, -0.05) is 22.0 Å². The molecule has 2 aliphatic rings. The molecule has 2 heterocycles. The third kappa shape index (κ3) is 2.61. The Morgan fingerprint density at radius 3 is 3.04 bits per heavy atom. The Morgan fingerprint density at radius 2 is 2.17 bits per heavy atom. The van der Waals surface area contributed by atoms with Gasteiger partial charge in [-0.25, -0.2) is 9.97 Å². The molecule has 0 saturated carbocycles. The molecule has 1 N–H and O–H groups in total. The van der Waals surface area contributed by atoms with Gasteiger partial charge in [-0.15, -0.1) is 0 Å². The van der Waals surface area contributed by atoms with Gasteiger partial charge < -0.3 is 5.32 Å². The van der Waals surface area contributed by atoms with E-state index < -0.39 is 0 Å². The van der Waals surface area contributed by atoms with E-state index in [0.717, 1.165) is 27.0 Å². The number of benzene rings is 1. The molecule has 23 heavy (non-hydrogen) atoms. The lowest BCUT2D eigenvalue weighted by molar-refractivity contribution is 0.102. The van der Waals surface area contributed by atoms with E-state index in [9.17, 15) is 4.79 Å². The van der Waals surface area contributed by atoms with Crippen molar-refractivity contribution in [3.05, 3.63) is 69.2 Å².